The van der Waals surface area contributed by atoms with Crippen LogP contribution in [0.3, 0.4) is 0 Å². The summed E-state index contributed by atoms with van der Waals surface area (Å²) in [6, 6.07) is 0. The Balaban J connectivity index is -0.000000153. The Bertz CT molecular complexity index is 662. The fourth-order valence-corrected chi connectivity index (χ4v) is 9.22. The Labute approximate surface area is 318 Å². The zero-order valence-corrected chi connectivity index (χ0v) is 40.1. The molecule has 6 heteroatoms. The number of hydrogen-bond donors (Lipinski definition) is 0. The Morgan fingerprint density at radius 3 is 1.11 bits per heavy atom. The lowest BCUT2D eigenvalue weighted by molar-refractivity contribution is 0.507. The summed E-state index contributed by atoms with van der Waals surface area (Å²) in [5, 5.41) is 3.05. The smallest absolute Gasteiger partial charge is 0.0230 e. The highest BCUT2D eigenvalue weighted by molar-refractivity contribution is 8.77. The van der Waals surface area contributed by atoms with E-state index in [4.69, 9.17) is 0 Å². The molecule has 1 atom stereocenters. The first-order chi connectivity index (χ1) is 20.8. The SMILES string of the molecule is CC(C)/C=C/C(C)C.CC(C)C#CC(C)C.CC(C)CSSC(C)C.CC(C)SSC(C)(C)C(C)C.CC(C)SSC(C)C(C)C. The zero-order valence-electron chi connectivity index (χ0n) is 35.2. The van der Waals surface area contributed by atoms with E-state index in [0.717, 1.165) is 38.8 Å². The lowest BCUT2D eigenvalue weighted by atomic mass is 10.00. The number of rotatable bonds is 14. The normalized spacial score (nSPS) is 12.3. The highest BCUT2D eigenvalue weighted by atomic mass is 33.1. The van der Waals surface area contributed by atoms with Gasteiger partial charge in [0, 0.05) is 43.3 Å². The molecule has 0 saturated carbocycles. The minimum absolute atomic E-state index is 0.412. The first-order valence-corrected chi connectivity index (χ1v) is 24.8. The van der Waals surface area contributed by atoms with E-state index in [9.17, 15) is 0 Å². The van der Waals surface area contributed by atoms with Crippen LogP contribution in [0.5, 0.6) is 0 Å². The average molecular weight is 758 g/mol. The van der Waals surface area contributed by atoms with Crippen molar-refractivity contribution >= 4 is 64.8 Å². The minimum atomic E-state index is 0.412. The maximum atomic E-state index is 3.09. The van der Waals surface area contributed by atoms with E-state index in [1.165, 1.54) is 5.75 Å². The monoisotopic (exact) mass is 756 g/mol. The van der Waals surface area contributed by atoms with Gasteiger partial charge in [-0.1, -0.05) is 222 Å². The maximum absolute atomic E-state index is 3.09. The topological polar surface area (TPSA) is 0 Å². The van der Waals surface area contributed by atoms with Crippen molar-refractivity contribution in [3.05, 3.63) is 12.2 Å². The van der Waals surface area contributed by atoms with E-state index in [-0.39, 0.29) is 0 Å². The molecule has 0 bridgehead atoms. The number of allylic oxidation sites excluding steroid dienone is 2. The average Bonchev–Trinajstić information content (AvgIpc) is 2.89. The lowest BCUT2D eigenvalue weighted by Crippen LogP contribution is -2.21. The van der Waals surface area contributed by atoms with E-state index in [1.807, 2.05) is 64.8 Å². The molecule has 0 aromatic heterocycles. The molecule has 0 fully saturated rings. The predicted octanol–water partition coefficient (Wildman–Crippen LogP) is 16.6. The second kappa shape index (κ2) is 36.2. The molecular formula is C40H84S6. The third-order valence-corrected chi connectivity index (χ3v) is 16.5. The van der Waals surface area contributed by atoms with Crippen LogP contribution < -0.4 is 0 Å². The first-order valence-electron chi connectivity index (χ1n) is 17.9. The number of hydrogen-bond acceptors (Lipinski definition) is 6. The summed E-state index contributed by atoms with van der Waals surface area (Å²) in [6.45, 7) is 51.2. The second-order valence-corrected chi connectivity index (χ2v) is 25.1. The Hall–Kier alpha value is 1.40. The molecule has 0 heterocycles. The van der Waals surface area contributed by atoms with E-state index in [2.05, 4.69) is 183 Å². The molecule has 0 amide bonds. The van der Waals surface area contributed by atoms with Gasteiger partial charge >= 0.3 is 0 Å². The van der Waals surface area contributed by atoms with E-state index in [1.54, 1.807) is 0 Å². The van der Waals surface area contributed by atoms with Crippen molar-refractivity contribution in [1.29, 1.82) is 0 Å². The van der Waals surface area contributed by atoms with Gasteiger partial charge in [0.05, 0.1) is 0 Å². The molecule has 0 nitrogen and oxygen atoms in total. The standard InChI is InChI=1S/C9H20S2.C8H18S2.C8H16.C8H14.C7H16S2/c1-7(2)9(5,6)11-10-8(3)4;1-6(2)8(5)10-9-7(3)4;2*1-7(2)5-6-8(3)4;1-6(2)5-8-9-7(3)4/h7-8H,1-6H3;6-8H,1-5H3;5-8H,1-4H3;7-8H,1-4H3;6-7H,5H2,1-4H3/b;;6-5+;;. The van der Waals surface area contributed by atoms with Crippen molar-refractivity contribution in [2.75, 3.05) is 5.75 Å². The summed E-state index contributed by atoms with van der Waals surface area (Å²) in [7, 11) is 12.0. The van der Waals surface area contributed by atoms with Crippen molar-refractivity contribution in [3.63, 3.8) is 0 Å². The fraction of sp³-hybridized carbons (Fsp3) is 0.900. The summed E-state index contributed by atoms with van der Waals surface area (Å²) in [5.74, 6) is 12.3. The lowest BCUT2D eigenvalue weighted by Gasteiger charge is -2.28. The maximum Gasteiger partial charge on any atom is 0.0230 e. The van der Waals surface area contributed by atoms with Gasteiger partial charge in [0.25, 0.3) is 0 Å². The molecule has 0 radical (unpaired) electrons. The molecular weight excluding hydrogens is 673 g/mol. The van der Waals surface area contributed by atoms with Gasteiger partial charge in [0.2, 0.25) is 0 Å². The summed E-state index contributed by atoms with van der Waals surface area (Å²) in [5.41, 5.74) is 0. The van der Waals surface area contributed by atoms with Crippen LogP contribution in [0, 0.1) is 53.3 Å². The minimum Gasteiger partial charge on any atom is -0.100 e. The van der Waals surface area contributed by atoms with Crippen LogP contribution in [-0.4, -0.2) is 31.5 Å². The molecule has 46 heavy (non-hydrogen) atoms. The zero-order chi connectivity index (χ0) is 37.6. The third-order valence-electron chi connectivity index (χ3n) is 5.39. The Morgan fingerprint density at radius 1 is 0.500 bits per heavy atom. The molecule has 0 aliphatic rings. The van der Waals surface area contributed by atoms with Crippen molar-refractivity contribution in [1.82, 2.24) is 0 Å². The summed E-state index contributed by atoms with van der Waals surface area (Å²) >= 11 is 0. The molecule has 0 N–H and O–H groups in total. The van der Waals surface area contributed by atoms with Gasteiger partial charge in [-0.15, -0.1) is 11.8 Å². The van der Waals surface area contributed by atoms with Crippen molar-refractivity contribution < 1.29 is 0 Å². The van der Waals surface area contributed by atoms with Gasteiger partial charge in [-0.2, -0.15) is 0 Å². The highest BCUT2D eigenvalue weighted by Crippen LogP contribution is 2.42. The Morgan fingerprint density at radius 2 is 0.870 bits per heavy atom. The first kappa shape index (κ1) is 56.8. The van der Waals surface area contributed by atoms with Gasteiger partial charge in [0.15, 0.2) is 0 Å². The van der Waals surface area contributed by atoms with E-state index in [0.29, 0.717) is 28.4 Å². The van der Waals surface area contributed by atoms with Crippen LogP contribution in [-0.2, 0) is 0 Å². The van der Waals surface area contributed by atoms with Gasteiger partial charge in [0.1, 0.15) is 0 Å². The van der Waals surface area contributed by atoms with Crippen LogP contribution >= 0.6 is 64.8 Å². The molecule has 0 aliphatic heterocycles. The van der Waals surface area contributed by atoms with Crippen LogP contribution in [0.4, 0.5) is 0 Å². The fourth-order valence-electron chi connectivity index (χ4n) is 1.72. The molecule has 0 saturated heterocycles. The van der Waals surface area contributed by atoms with E-state index >= 15 is 0 Å². The molecule has 0 aromatic rings. The van der Waals surface area contributed by atoms with Crippen LogP contribution in [0.15, 0.2) is 12.2 Å². The van der Waals surface area contributed by atoms with Crippen LogP contribution in [0.2, 0.25) is 0 Å². The second-order valence-electron chi connectivity index (χ2n) is 15.5. The van der Waals surface area contributed by atoms with Crippen LogP contribution in [0.25, 0.3) is 0 Å². The molecule has 280 valence electrons. The summed E-state index contributed by atoms with van der Waals surface area (Å²) in [4.78, 5) is 0. The molecule has 0 rings (SSSR count). The summed E-state index contributed by atoms with van der Waals surface area (Å²) in [6.07, 6.45) is 4.48. The molecule has 0 aliphatic carbocycles. The van der Waals surface area contributed by atoms with Crippen molar-refractivity contribution in [2.24, 2.45) is 41.4 Å². The van der Waals surface area contributed by atoms with Gasteiger partial charge in [-0.25, -0.2) is 0 Å². The van der Waals surface area contributed by atoms with Crippen molar-refractivity contribution in [2.45, 2.75) is 185 Å². The van der Waals surface area contributed by atoms with Crippen molar-refractivity contribution in [3.8, 4) is 11.8 Å². The molecule has 0 aromatic carbocycles. The predicted molar refractivity (Wildman–Crippen MR) is 240 cm³/mol. The quantitative estimate of drug-likeness (QED) is 0.0976. The van der Waals surface area contributed by atoms with Gasteiger partial charge < -0.3 is 0 Å². The van der Waals surface area contributed by atoms with Gasteiger partial charge in [-0.3, -0.25) is 0 Å². The molecule has 1 unspecified atom stereocenters. The van der Waals surface area contributed by atoms with Crippen LogP contribution in [0.1, 0.15) is 159 Å². The van der Waals surface area contributed by atoms with E-state index < -0.39 is 0 Å². The van der Waals surface area contributed by atoms with Gasteiger partial charge in [-0.05, 0) is 43.4 Å². The molecule has 0 spiro atoms. The third kappa shape index (κ3) is 60.7. The summed E-state index contributed by atoms with van der Waals surface area (Å²) < 4.78 is 0.412. The largest absolute Gasteiger partial charge is 0.100 e. The Kier molecular flexibility index (Phi) is 44.7. The highest BCUT2D eigenvalue weighted by Gasteiger charge is 2.23.